The van der Waals surface area contributed by atoms with Crippen molar-refractivity contribution in [2.75, 3.05) is 6.61 Å². The van der Waals surface area contributed by atoms with Crippen LogP contribution >= 0.6 is 22.6 Å². The zero-order valence-electron chi connectivity index (χ0n) is 8.40. The van der Waals surface area contributed by atoms with Gasteiger partial charge in [0.2, 0.25) is 11.7 Å². The molecule has 1 aromatic rings. The molecular formula is C10H8INO4. The van der Waals surface area contributed by atoms with Crippen LogP contribution in [0.3, 0.4) is 0 Å². The molecule has 0 bridgehead atoms. The van der Waals surface area contributed by atoms with Crippen molar-refractivity contribution in [3.8, 4) is 5.88 Å². The van der Waals surface area contributed by atoms with Gasteiger partial charge in [-0.1, -0.05) is 0 Å². The number of aromatic nitrogens is 1. The second kappa shape index (κ2) is 4.36. The Labute approximate surface area is 105 Å². The van der Waals surface area contributed by atoms with Crippen LogP contribution in [0.2, 0.25) is 0 Å². The quantitative estimate of drug-likeness (QED) is 0.462. The molecule has 0 amide bonds. The van der Waals surface area contributed by atoms with Crippen molar-refractivity contribution in [1.82, 2.24) is 4.98 Å². The lowest BCUT2D eigenvalue weighted by Crippen LogP contribution is -2.32. The minimum atomic E-state index is -1.19. The Morgan fingerprint density at radius 3 is 3.12 bits per heavy atom. The van der Waals surface area contributed by atoms with Gasteiger partial charge in [0.15, 0.2) is 0 Å². The summed E-state index contributed by atoms with van der Waals surface area (Å²) in [5.41, 5.74) is 0.338. The van der Waals surface area contributed by atoms with E-state index in [2.05, 4.69) is 4.98 Å². The number of nitrogens with zero attached hydrogens (tertiary/aromatic N) is 1. The summed E-state index contributed by atoms with van der Waals surface area (Å²) < 4.78 is 10.7. The highest BCUT2D eigenvalue weighted by molar-refractivity contribution is 14.1. The molecule has 0 aromatic carbocycles. The molecule has 2 rings (SSSR count). The van der Waals surface area contributed by atoms with E-state index >= 15 is 0 Å². The zero-order chi connectivity index (χ0) is 11.7. The number of fused-ring (bicyclic) bond motifs is 1. The van der Waals surface area contributed by atoms with E-state index in [-0.39, 0.29) is 18.3 Å². The van der Waals surface area contributed by atoms with Crippen LogP contribution < -0.4 is 4.74 Å². The molecular weight excluding hydrogens is 325 g/mol. The van der Waals surface area contributed by atoms with E-state index in [1.165, 1.54) is 0 Å². The monoisotopic (exact) mass is 333 g/mol. The van der Waals surface area contributed by atoms with Crippen LogP contribution in [-0.4, -0.2) is 29.4 Å². The number of hydrogen-bond acceptors (Lipinski definition) is 5. The normalized spacial score (nSPS) is 17.9. The molecule has 0 aliphatic carbocycles. The first-order valence-electron chi connectivity index (χ1n) is 4.66. The van der Waals surface area contributed by atoms with Crippen molar-refractivity contribution in [2.24, 2.45) is 0 Å². The number of halogens is 1. The van der Waals surface area contributed by atoms with E-state index in [1.54, 1.807) is 19.2 Å². The number of Topliss-reactive ketones (excluding diaryl/α,β-unsaturated/α-hetero) is 1. The minimum absolute atomic E-state index is 0.198. The average Bonchev–Trinajstić information content (AvgIpc) is 2.57. The maximum absolute atomic E-state index is 11.8. The van der Waals surface area contributed by atoms with Crippen LogP contribution in [0.1, 0.15) is 17.3 Å². The maximum atomic E-state index is 11.8. The first kappa shape index (κ1) is 11.3. The molecule has 6 heteroatoms. The van der Waals surface area contributed by atoms with Gasteiger partial charge in [-0.2, -0.15) is 0 Å². The topological polar surface area (TPSA) is 65.5 Å². The summed E-state index contributed by atoms with van der Waals surface area (Å²) >= 11 is 2.04. The number of pyridine rings is 1. The Morgan fingerprint density at radius 1 is 1.69 bits per heavy atom. The molecule has 1 unspecified atom stereocenters. The van der Waals surface area contributed by atoms with E-state index in [1.807, 2.05) is 22.6 Å². The van der Waals surface area contributed by atoms with Crippen molar-refractivity contribution in [1.29, 1.82) is 0 Å². The molecule has 0 N–H and O–H groups in total. The van der Waals surface area contributed by atoms with E-state index in [0.29, 0.717) is 5.56 Å². The van der Waals surface area contributed by atoms with Gasteiger partial charge in [0, 0.05) is 9.77 Å². The fourth-order valence-corrected chi connectivity index (χ4v) is 1.83. The van der Waals surface area contributed by atoms with Crippen LogP contribution in [0.25, 0.3) is 0 Å². The molecule has 84 valence electrons. The Hall–Kier alpha value is -1.18. The van der Waals surface area contributed by atoms with Gasteiger partial charge in [0.05, 0.1) is 12.2 Å². The molecule has 0 radical (unpaired) electrons. The summed E-state index contributed by atoms with van der Waals surface area (Å²) in [5.74, 6) is -0.858. The Bertz CT molecular complexity index is 460. The summed E-state index contributed by atoms with van der Waals surface area (Å²) in [4.78, 5) is 27.2. The third-order valence-electron chi connectivity index (χ3n) is 2.05. The average molecular weight is 333 g/mol. The van der Waals surface area contributed by atoms with Gasteiger partial charge < -0.3 is 9.47 Å². The van der Waals surface area contributed by atoms with Crippen molar-refractivity contribution >= 4 is 34.3 Å². The molecule has 0 saturated carbocycles. The van der Waals surface area contributed by atoms with Crippen LogP contribution in [-0.2, 0) is 9.53 Å². The van der Waals surface area contributed by atoms with E-state index in [0.717, 1.165) is 3.57 Å². The van der Waals surface area contributed by atoms with Gasteiger partial charge >= 0.3 is 5.97 Å². The lowest BCUT2D eigenvalue weighted by molar-refractivity contribution is -0.148. The molecule has 2 heterocycles. The number of rotatable bonds is 2. The number of esters is 1. The molecule has 0 fully saturated rings. The fourth-order valence-electron chi connectivity index (χ4n) is 1.38. The van der Waals surface area contributed by atoms with Gasteiger partial charge in [-0.25, -0.2) is 9.78 Å². The zero-order valence-corrected chi connectivity index (χ0v) is 10.6. The highest BCUT2D eigenvalue weighted by Gasteiger charge is 2.40. The SMILES string of the molecule is CCOC(=O)C1Oc2ncc(I)cc2C1=O. The molecule has 0 saturated heterocycles. The highest BCUT2D eigenvalue weighted by atomic mass is 127. The first-order chi connectivity index (χ1) is 7.63. The Morgan fingerprint density at radius 2 is 2.44 bits per heavy atom. The van der Waals surface area contributed by atoms with Crippen LogP contribution in [0, 0.1) is 3.57 Å². The molecule has 16 heavy (non-hydrogen) atoms. The Kier molecular flexibility index (Phi) is 3.08. The third-order valence-corrected chi connectivity index (χ3v) is 2.64. The number of ketones is 1. The van der Waals surface area contributed by atoms with Crippen LogP contribution in [0.4, 0.5) is 0 Å². The molecule has 1 atom stereocenters. The van der Waals surface area contributed by atoms with Gasteiger partial charge in [-0.05, 0) is 35.6 Å². The summed E-state index contributed by atoms with van der Waals surface area (Å²) in [7, 11) is 0. The standard InChI is InChI=1S/C10H8INO4/c1-2-15-10(14)8-7(13)6-3-5(11)4-12-9(6)16-8/h3-4,8H,2H2,1H3. The predicted octanol–water partition coefficient (Wildman–Crippen LogP) is 1.19. The van der Waals surface area contributed by atoms with E-state index in [9.17, 15) is 9.59 Å². The number of carbonyl (C=O) groups excluding carboxylic acids is 2. The second-order valence-electron chi connectivity index (χ2n) is 3.12. The van der Waals surface area contributed by atoms with Crippen molar-refractivity contribution in [3.63, 3.8) is 0 Å². The van der Waals surface area contributed by atoms with Crippen molar-refractivity contribution < 1.29 is 19.1 Å². The predicted molar refractivity (Wildman–Crippen MR) is 62.3 cm³/mol. The lowest BCUT2D eigenvalue weighted by Gasteiger charge is -2.06. The van der Waals surface area contributed by atoms with Crippen LogP contribution in [0.15, 0.2) is 12.3 Å². The van der Waals surface area contributed by atoms with Crippen molar-refractivity contribution in [3.05, 3.63) is 21.4 Å². The second-order valence-corrected chi connectivity index (χ2v) is 4.37. The summed E-state index contributed by atoms with van der Waals surface area (Å²) in [6, 6.07) is 1.64. The minimum Gasteiger partial charge on any atom is -0.463 e. The van der Waals surface area contributed by atoms with Crippen molar-refractivity contribution in [2.45, 2.75) is 13.0 Å². The summed E-state index contributed by atoms with van der Waals surface area (Å²) in [6.45, 7) is 1.89. The molecule has 1 aliphatic rings. The smallest absolute Gasteiger partial charge is 0.355 e. The Balaban J connectivity index is 2.27. The summed E-state index contributed by atoms with van der Waals surface area (Å²) in [6.07, 6.45) is 0.376. The summed E-state index contributed by atoms with van der Waals surface area (Å²) in [5, 5.41) is 0. The van der Waals surface area contributed by atoms with Gasteiger partial charge in [0.25, 0.3) is 6.10 Å². The number of hydrogen-bond donors (Lipinski definition) is 0. The van der Waals surface area contributed by atoms with E-state index in [4.69, 9.17) is 9.47 Å². The van der Waals surface area contributed by atoms with Gasteiger partial charge in [-0.3, -0.25) is 4.79 Å². The third kappa shape index (κ3) is 1.89. The fraction of sp³-hybridized carbons (Fsp3) is 0.300. The van der Waals surface area contributed by atoms with Gasteiger partial charge in [-0.15, -0.1) is 0 Å². The largest absolute Gasteiger partial charge is 0.463 e. The number of carbonyl (C=O) groups is 2. The van der Waals surface area contributed by atoms with Gasteiger partial charge in [0.1, 0.15) is 0 Å². The maximum Gasteiger partial charge on any atom is 0.355 e. The molecule has 5 nitrogen and oxygen atoms in total. The molecule has 0 spiro atoms. The number of ether oxygens (including phenoxy) is 2. The lowest BCUT2D eigenvalue weighted by atomic mass is 10.1. The first-order valence-corrected chi connectivity index (χ1v) is 5.74. The van der Waals surface area contributed by atoms with Crippen LogP contribution in [0.5, 0.6) is 5.88 Å². The molecule has 1 aliphatic heterocycles. The molecule has 1 aromatic heterocycles. The van der Waals surface area contributed by atoms with E-state index < -0.39 is 12.1 Å². The highest BCUT2D eigenvalue weighted by Crippen LogP contribution is 2.27.